The van der Waals surface area contributed by atoms with Crippen molar-refractivity contribution in [2.45, 2.75) is 12.7 Å². The topological polar surface area (TPSA) is 74.9 Å². The Kier molecular flexibility index (Phi) is 4.60. The van der Waals surface area contributed by atoms with E-state index in [2.05, 4.69) is 9.97 Å². The Morgan fingerprint density at radius 3 is 2.79 bits per heavy atom. The third-order valence-electron chi connectivity index (χ3n) is 3.84. The largest absolute Gasteiger partial charge is 0.839 e. The number of carbonyl (C=O) groups excluding carboxylic acids is 1. The summed E-state index contributed by atoms with van der Waals surface area (Å²) in [6.45, 7) is 0.109. The lowest BCUT2D eigenvalue weighted by Crippen LogP contribution is -2.24. The average Bonchev–Trinajstić information content (AvgIpc) is 3.34. The van der Waals surface area contributed by atoms with Crippen LogP contribution in [0.5, 0.6) is 5.88 Å². The first-order chi connectivity index (χ1) is 13.3. The van der Waals surface area contributed by atoms with E-state index in [0.29, 0.717) is 26.3 Å². The zero-order valence-corrected chi connectivity index (χ0v) is 16.0. The third-order valence-corrected chi connectivity index (χ3v) is 5.83. The fourth-order valence-electron chi connectivity index (χ4n) is 2.69. The van der Waals surface area contributed by atoms with Gasteiger partial charge in [-0.15, -0.1) is 22.7 Å². The van der Waals surface area contributed by atoms with Gasteiger partial charge >= 0.3 is 6.18 Å². The summed E-state index contributed by atoms with van der Waals surface area (Å²) in [5.41, 5.74) is -0.303. The van der Waals surface area contributed by atoms with Crippen LogP contribution >= 0.6 is 34.3 Å². The Morgan fingerprint density at radius 1 is 1.36 bits per heavy atom. The minimum absolute atomic E-state index is 0.109. The molecule has 0 atom stereocenters. The normalized spacial score (nSPS) is 12.0. The van der Waals surface area contributed by atoms with Crippen LogP contribution in [0.1, 0.15) is 26.1 Å². The summed E-state index contributed by atoms with van der Waals surface area (Å²) >= 11 is 7.32. The highest BCUT2D eigenvalue weighted by molar-refractivity contribution is 7.15. The van der Waals surface area contributed by atoms with Gasteiger partial charge in [0, 0.05) is 17.6 Å². The van der Waals surface area contributed by atoms with Gasteiger partial charge < -0.3 is 5.11 Å². The van der Waals surface area contributed by atoms with Gasteiger partial charge in [0.2, 0.25) is 5.69 Å². The highest BCUT2D eigenvalue weighted by atomic mass is 35.5. The predicted molar refractivity (Wildman–Crippen MR) is 93.8 cm³/mol. The molecule has 0 aliphatic carbocycles. The summed E-state index contributed by atoms with van der Waals surface area (Å²) in [5.74, 6) is -1.52. The first kappa shape index (κ1) is 18.8. The molecular formula is C16H8ClF3N4O2S2. The highest BCUT2D eigenvalue weighted by Gasteiger charge is 2.36. The monoisotopic (exact) mass is 444 g/mol. The summed E-state index contributed by atoms with van der Waals surface area (Å²) in [7, 11) is 0. The van der Waals surface area contributed by atoms with Crippen molar-refractivity contribution in [1.29, 1.82) is 0 Å². The number of hydrogen-bond acceptors (Lipinski definition) is 6. The summed E-state index contributed by atoms with van der Waals surface area (Å²) in [5, 5.41) is 12.7. The van der Waals surface area contributed by atoms with Crippen LogP contribution in [-0.4, -0.2) is 20.3 Å². The Balaban J connectivity index is 1.85. The average molecular weight is 445 g/mol. The van der Waals surface area contributed by atoms with Crippen LogP contribution in [0.15, 0.2) is 36.0 Å². The number of pyridine rings is 1. The molecule has 12 heteroatoms. The number of hydrogen-bond donors (Lipinski definition) is 0. The van der Waals surface area contributed by atoms with Gasteiger partial charge in [-0.1, -0.05) is 17.7 Å². The number of imidazole rings is 1. The maximum Gasteiger partial charge on any atom is 0.443 e. The quantitative estimate of drug-likeness (QED) is 0.358. The van der Waals surface area contributed by atoms with Gasteiger partial charge in [-0.05, 0) is 6.07 Å². The van der Waals surface area contributed by atoms with Crippen molar-refractivity contribution in [2.75, 3.05) is 0 Å². The SMILES string of the molecule is O=C(c1csc(C(F)(F)F)n1)c1c([O-])[n+]2ccccc2n1Cc1cnc(Cl)s1. The molecule has 0 saturated heterocycles. The molecule has 0 N–H and O–H groups in total. The van der Waals surface area contributed by atoms with E-state index in [1.165, 1.54) is 32.7 Å². The third kappa shape index (κ3) is 3.25. The van der Waals surface area contributed by atoms with Gasteiger partial charge in [-0.3, -0.25) is 4.79 Å². The molecule has 6 nitrogen and oxygen atoms in total. The van der Waals surface area contributed by atoms with E-state index in [1.807, 2.05) is 0 Å². The molecule has 28 heavy (non-hydrogen) atoms. The molecule has 0 radical (unpaired) electrons. The van der Waals surface area contributed by atoms with Gasteiger partial charge in [0.05, 0.1) is 11.1 Å². The summed E-state index contributed by atoms with van der Waals surface area (Å²) in [6.07, 6.45) is -1.67. The number of fused-ring (bicyclic) bond motifs is 1. The van der Waals surface area contributed by atoms with Crippen LogP contribution < -0.4 is 9.51 Å². The number of thiazole rings is 2. The van der Waals surface area contributed by atoms with E-state index in [4.69, 9.17) is 11.6 Å². The Morgan fingerprint density at radius 2 is 2.14 bits per heavy atom. The van der Waals surface area contributed by atoms with E-state index in [1.54, 1.807) is 18.2 Å². The molecule has 0 amide bonds. The zero-order chi connectivity index (χ0) is 20.1. The fourth-order valence-corrected chi connectivity index (χ4v) is 4.33. The highest BCUT2D eigenvalue weighted by Crippen LogP contribution is 2.32. The minimum Gasteiger partial charge on any atom is -0.839 e. The molecule has 0 aliphatic rings. The number of carbonyl (C=O) groups is 1. The van der Waals surface area contributed by atoms with Crippen molar-refractivity contribution in [3.63, 3.8) is 0 Å². The van der Waals surface area contributed by atoms with Crippen molar-refractivity contribution >= 4 is 45.7 Å². The molecule has 0 unspecified atom stereocenters. The number of alkyl halides is 3. The summed E-state index contributed by atoms with van der Waals surface area (Å²) in [4.78, 5) is 20.9. The number of ketones is 1. The van der Waals surface area contributed by atoms with E-state index >= 15 is 0 Å². The predicted octanol–water partition coefficient (Wildman–Crippen LogP) is 3.16. The zero-order valence-electron chi connectivity index (χ0n) is 13.6. The van der Waals surface area contributed by atoms with Crippen LogP contribution in [0.25, 0.3) is 5.65 Å². The van der Waals surface area contributed by atoms with Gasteiger partial charge in [0.25, 0.3) is 11.4 Å². The van der Waals surface area contributed by atoms with E-state index in [0.717, 1.165) is 5.38 Å². The van der Waals surface area contributed by atoms with Crippen molar-refractivity contribution in [3.8, 4) is 5.88 Å². The number of rotatable bonds is 4. The second kappa shape index (κ2) is 6.83. The van der Waals surface area contributed by atoms with Gasteiger partial charge in [0.1, 0.15) is 18.1 Å². The molecule has 0 fully saturated rings. The molecule has 4 aromatic rings. The Labute approximate surface area is 168 Å². The van der Waals surface area contributed by atoms with E-state index in [-0.39, 0.29) is 12.2 Å². The first-order valence-electron chi connectivity index (χ1n) is 7.63. The fraction of sp³-hybridized carbons (Fsp3) is 0.125. The minimum atomic E-state index is -4.66. The second-order valence-corrected chi connectivity index (χ2v) is 8.17. The molecule has 0 aliphatic heterocycles. The first-order valence-corrected chi connectivity index (χ1v) is 9.70. The number of nitrogens with zero attached hydrogens (tertiary/aromatic N) is 4. The summed E-state index contributed by atoms with van der Waals surface area (Å²) < 4.78 is 41.5. The lowest BCUT2D eigenvalue weighted by atomic mass is 10.2. The number of aromatic nitrogens is 4. The summed E-state index contributed by atoms with van der Waals surface area (Å²) in [6, 6.07) is 4.92. The van der Waals surface area contributed by atoms with Gasteiger partial charge in [-0.2, -0.15) is 13.2 Å². The molecule has 0 spiro atoms. The smallest absolute Gasteiger partial charge is 0.443 e. The van der Waals surface area contributed by atoms with Crippen LogP contribution in [0.2, 0.25) is 4.47 Å². The van der Waals surface area contributed by atoms with Crippen LogP contribution in [0.4, 0.5) is 13.2 Å². The number of halogens is 4. The van der Waals surface area contributed by atoms with E-state index < -0.39 is 28.5 Å². The maximum absolute atomic E-state index is 12.9. The van der Waals surface area contributed by atoms with Crippen LogP contribution in [0.3, 0.4) is 0 Å². The Hall–Kier alpha value is -2.50. The molecule has 0 bridgehead atoms. The Bertz CT molecular complexity index is 1200. The van der Waals surface area contributed by atoms with Crippen molar-refractivity contribution in [2.24, 2.45) is 0 Å². The van der Waals surface area contributed by atoms with Gasteiger partial charge in [0.15, 0.2) is 9.47 Å². The van der Waals surface area contributed by atoms with Crippen molar-refractivity contribution < 1.29 is 27.5 Å². The second-order valence-electron chi connectivity index (χ2n) is 5.61. The molecule has 0 saturated carbocycles. The molecule has 0 aromatic carbocycles. The van der Waals surface area contributed by atoms with E-state index in [9.17, 15) is 23.1 Å². The van der Waals surface area contributed by atoms with Crippen molar-refractivity contribution in [1.82, 2.24) is 14.5 Å². The molecular weight excluding hydrogens is 437 g/mol. The van der Waals surface area contributed by atoms with Crippen LogP contribution in [0, 0.1) is 0 Å². The maximum atomic E-state index is 12.9. The molecule has 144 valence electrons. The molecule has 4 aromatic heterocycles. The standard InChI is InChI=1S/C16H8ClF3N4O2S2/c17-15-21-5-8(28-15)6-24-10-3-1-2-4-23(10)13(26)11(24)12(25)9-7-27-14(22-9)16(18,19)20/h1-5,7H,6H2. The molecule has 4 heterocycles. The lowest BCUT2D eigenvalue weighted by Gasteiger charge is -2.03. The van der Waals surface area contributed by atoms with Gasteiger partial charge in [-0.25, -0.2) is 18.9 Å². The van der Waals surface area contributed by atoms with Crippen LogP contribution in [-0.2, 0) is 12.7 Å². The lowest BCUT2D eigenvalue weighted by molar-refractivity contribution is -0.582. The van der Waals surface area contributed by atoms with Crippen molar-refractivity contribution in [3.05, 3.63) is 61.7 Å². The molecule has 4 rings (SSSR count).